The standard InChI is InChI=1S/C10H13Cl2NS/c1-7(5-13)14-6-8-4-9(11)2-3-10(8)12/h2-4,7H,5-6,13H2,1H3. The molecule has 0 saturated heterocycles. The van der Waals surface area contributed by atoms with Gasteiger partial charge in [0.25, 0.3) is 0 Å². The lowest BCUT2D eigenvalue weighted by molar-refractivity contribution is 0.951. The van der Waals surface area contributed by atoms with Gasteiger partial charge in [-0.2, -0.15) is 11.8 Å². The Morgan fingerprint density at radius 1 is 1.43 bits per heavy atom. The first-order valence-corrected chi connectivity index (χ1v) is 6.19. The number of benzene rings is 1. The first-order valence-electron chi connectivity index (χ1n) is 4.39. The van der Waals surface area contributed by atoms with Crippen molar-refractivity contribution in [3.05, 3.63) is 33.8 Å². The van der Waals surface area contributed by atoms with Gasteiger partial charge in [0.2, 0.25) is 0 Å². The van der Waals surface area contributed by atoms with Crippen molar-refractivity contribution in [1.82, 2.24) is 0 Å². The molecule has 0 fully saturated rings. The molecule has 0 radical (unpaired) electrons. The maximum absolute atomic E-state index is 6.02. The van der Waals surface area contributed by atoms with Crippen molar-refractivity contribution >= 4 is 35.0 Å². The molecule has 1 nitrogen and oxygen atoms in total. The molecule has 0 saturated carbocycles. The summed E-state index contributed by atoms with van der Waals surface area (Å²) in [6.07, 6.45) is 0. The first-order chi connectivity index (χ1) is 6.63. The summed E-state index contributed by atoms with van der Waals surface area (Å²) >= 11 is 13.7. The lowest BCUT2D eigenvalue weighted by Gasteiger charge is -2.09. The van der Waals surface area contributed by atoms with E-state index in [9.17, 15) is 0 Å². The van der Waals surface area contributed by atoms with Crippen molar-refractivity contribution in [1.29, 1.82) is 0 Å². The van der Waals surface area contributed by atoms with Crippen LogP contribution in [0.5, 0.6) is 0 Å². The van der Waals surface area contributed by atoms with Crippen LogP contribution in [0.25, 0.3) is 0 Å². The van der Waals surface area contributed by atoms with Crippen molar-refractivity contribution in [2.24, 2.45) is 5.73 Å². The molecule has 2 N–H and O–H groups in total. The van der Waals surface area contributed by atoms with E-state index in [1.165, 1.54) is 0 Å². The molecule has 0 amide bonds. The third kappa shape index (κ3) is 3.70. The fourth-order valence-corrected chi connectivity index (χ4v) is 2.25. The van der Waals surface area contributed by atoms with E-state index in [0.29, 0.717) is 11.8 Å². The van der Waals surface area contributed by atoms with E-state index >= 15 is 0 Å². The van der Waals surface area contributed by atoms with Crippen LogP contribution in [0.1, 0.15) is 12.5 Å². The molecule has 1 aromatic rings. The number of thioether (sulfide) groups is 1. The van der Waals surface area contributed by atoms with Crippen LogP contribution in [0.2, 0.25) is 10.0 Å². The minimum atomic E-state index is 0.449. The van der Waals surface area contributed by atoms with Gasteiger partial charge in [-0.25, -0.2) is 0 Å². The molecule has 1 aromatic carbocycles. The van der Waals surface area contributed by atoms with Crippen molar-refractivity contribution in [3.8, 4) is 0 Å². The van der Waals surface area contributed by atoms with Crippen molar-refractivity contribution < 1.29 is 0 Å². The highest BCUT2D eigenvalue weighted by atomic mass is 35.5. The van der Waals surface area contributed by atoms with Crippen LogP contribution >= 0.6 is 35.0 Å². The summed E-state index contributed by atoms with van der Waals surface area (Å²) in [6, 6.07) is 5.53. The number of hydrogen-bond donors (Lipinski definition) is 1. The van der Waals surface area contributed by atoms with Gasteiger partial charge in [0.1, 0.15) is 0 Å². The van der Waals surface area contributed by atoms with Crippen LogP contribution in [0.15, 0.2) is 18.2 Å². The molecule has 1 rings (SSSR count). The molecular formula is C10H13Cl2NS. The Balaban J connectivity index is 2.62. The molecule has 14 heavy (non-hydrogen) atoms. The molecule has 0 aromatic heterocycles. The molecule has 0 bridgehead atoms. The van der Waals surface area contributed by atoms with Crippen molar-refractivity contribution in [3.63, 3.8) is 0 Å². The Bertz CT molecular complexity index is 304. The summed E-state index contributed by atoms with van der Waals surface area (Å²) in [5.41, 5.74) is 6.60. The van der Waals surface area contributed by atoms with Gasteiger partial charge in [-0.1, -0.05) is 30.1 Å². The lowest BCUT2D eigenvalue weighted by Crippen LogP contribution is -2.12. The Morgan fingerprint density at radius 2 is 2.14 bits per heavy atom. The second kappa shape index (κ2) is 5.86. The Kier molecular flexibility index (Phi) is 5.10. The first kappa shape index (κ1) is 12.2. The highest BCUT2D eigenvalue weighted by molar-refractivity contribution is 7.99. The molecule has 0 aliphatic rings. The van der Waals surface area contributed by atoms with E-state index < -0.39 is 0 Å². The minimum absolute atomic E-state index is 0.449. The third-order valence-electron chi connectivity index (χ3n) is 1.86. The van der Waals surface area contributed by atoms with Crippen LogP contribution in [0.4, 0.5) is 0 Å². The molecule has 78 valence electrons. The quantitative estimate of drug-likeness (QED) is 0.883. The third-order valence-corrected chi connectivity index (χ3v) is 3.71. The van der Waals surface area contributed by atoms with Gasteiger partial charge < -0.3 is 5.73 Å². The molecule has 0 aliphatic heterocycles. The molecule has 4 heteroatoms. The van der Waals surface area contributed by atoms with Gasteiger partial charge in [0.05, 0.1) is 0 Å². The summed E-state index contributed by atoms with van der Waals surface area (Å²) < 4.78 is 0. The summed E-state index contributed by atoms with van der Waals surface area (Å²) in [4.78, 5) is 0. The smallest absolute Gasteiger partial charge is 0.0447 e. The summed E-state index contributed by atoms with van der Waals surface area (Å²) in [5, 5.41) is 1.95. The zero-order chi connectivity index (χ0) is 10.6. The minimum Gasteiger partial charge on any atom is -0.329 e. The van der Waals surface area contributed by atoms with Crippen LogP contribution in [-0.2, 0) is 5.75 Å². The lowest BCUT2D eigenvalue weighted by atomic mass is 10.2. The van der Waals surface area contributed by atoms with E-state index in [1.54, 1.807) is 17.8 Å². The van der Waals surface area contributed by atoms with Crippen molar-refractivity contribution in [2.45, 2.75) is 17.9 Å². The topological polar surface area (TPSA) is 26.0 Å². The largest absolute Gasteiger partial charge is 0.329 e. The van der Waals surface area contributed by atoms with Gasteiger partial charge in [-0.15, -0.1) is 0 Å². The molecule has 0 aliphatic carbocycles. The van der Waals surface area contributed by atoms with Gasteiger partial charge in [0.15, 0.2) is 0 Å². The predicted molar refractivity (Wildman–Crippen MR) is 66.3 cm³/mol. The maximum atomic E-state index is 6.02. The summed E-state index contributed by atoms with van der Waals surface area (Å²) in [7, 11) is 0. The van der Waals surface area contributed by atoms with E-state index in [0.717, 1.165) is 21.4 Å². The highest BCUT2D eigenvalue weighted by Gasteiger charge is 2.04. The predicted octanol–water partition coefficient (Wildman–Crippen LogP) is 3.57. The monoisotopic (exact) mass is 249 g/mol. The van der Waals surface area contributed by atoms with Gasteiger partial charge in [0, 0.05) is 27.6 Å². The van der Waals surface area contributed by atoms with E-state index in [2.05, 4.69) is 6.92 Å². The van der Waals surface area contributed by atoms with E-state index in [-0.39, 0.29) is 0 Å². The van der Waals surface area contributed by atoms with E-state index in [1.807, 2.05) is 12.1 Å². The Labute approximate surface area is 99.0 Å². The zero-order valence-electron chi connectivity index (χ0n) is 7.97. The van der Waals surface area contributed by atoms with Gasteiger partial charge in [-0.05, 0) is 23.8 Å². The van der Waals surface area contributed by atoms with Crippen LogP contribution < -0.4 is 5.73 Å². The molecule has 0 heterocycles. The Hall–Kier alpha value is 0.110. The fourth-order valence-electron chi connectivity index (χ4n) is 0.954. The SMILES string of the molecule is CC(CN)SCc1cc(Cl)ccc1Cl. The van der Waals surface area contributed by atoms with E-state index in [4.69, 9.17) is 28.9 Å². The average molecular weight is 250 g/mol. The second-order valence-electron chi connectivity index (χ2n) is 3.09. The summed E-state index contributed by atoms with van der Waals surface area (Å²) in [5.74, 6) is 0.859. The highest BCUT2D eigenvalue weighted by Crippen LogP contribution is 2.26. The molecule has 0 spiro atoms. The fraction of sp³-hybridized carbons (Fsp3) is 0.400. The maximum Gasteiger partial charge on any atom is 0.0447 e. The molecule has 1 atom stereocenters. The van der Waals surface area contributed by atoms with Crippen LogP contribution in [-0.4, -0.2) is 11.8 Å². The number of hydrogen-bond acceptors (Lipinski definition) is 2. The number of halogens is 2. The van der Waals surface area contributed by atoms with Gasteiger partial charge in [-0.3, -0.25) is 0 Å². The van der Waals surface area contributed by atoms with Gasteiger partial charge >= 0.3 is 0 Å². The summed E-state index contributed by atoms with van der Waals surface area (Å²) in [6.45, 7) is 2.78. The number of nitrogens with two attached hydrogens (primary N) is 1. The number of rotatable bonds is 4. The average Bonchev–Trinajstić information content (AvgIpc) is 2.19. The molecule has 1 unspecified atom stereocenters. The van der Waals surface area contributed by atoms with Crippen molar-refractivity contribution in [2.75, 3.05) is 6.54 Å². The molecular weight excluding hydrogens is 237 g/mol. The zero-order valence-corrected chi connectivity index (χ0v) is 10.3. The van der Waals surface area contributed by atoms with Crippen LogP contribution in [0.3, 0.4) is 0 Å². The second-order valence-corrected chi connectivity index (χ2v) is 5.36. The van der Waals surface area contributed by atoms with Crippen LogP contribution in [0, 0.1) is 0 Å². The normalized spacial score (nSPS) is 12.9. The Morgan fingerprint density at radius 3 is 2.79 bits per heavy atom.